The summed E-state index contributed by atoms with van der Waals surface area (Å²) in [6.45, 7) is 0. The SMILES string of the molecule is O=C(Nc1ccnc(F)c1)c1cc(C(F)(F)F)nnc1Oc1ccc(F)cc1Cl. The maximum Gasteiger partial charge on any atom is 0.435 e. The number of amides is 1. The summed E-state index contributed by atoms with van der Waals surface area (Å²) >= 11 is 5.82. The van der Waals surface area contributed by atoms with Crippen molar-refractivity contribution in [2.24, 2.45) is 0 Å². The molecule has 0 saturated heterocycles. The second-order valence-electron chi connectivity index (χ2n) is 5.44. The molecule has 0 atom stereocenters. The highest BCUT2D eigenvalue weighted by molar-refractivity contribution is 6.32. The van der Waals surface area contributed by atoms with E-state index < -0.39 is 41.0 Å². The largest absolute Gasteiger partial charge is 0.435 e. The Labute approximate surface area is 164 Å². The predicted molar refractivity (Wildman–Crippen MR) is 90.7 cm³/mol. The maximum absolute atomic E-state index is 13.2. The van der Waals surface area contributed by atoms with E-state index in [1.807, 2.05) is 0 Å². The first kappa shape index (κ1) is 20.4. The van der Waals surface area contributed by atoms with Crippen LogP contribution in [0.2, 0.25) is 5.02 Å². The number of hydrogen-bond acceptors (Lipinski definition) is 5. The molecule has 0 aliphatic carbocycles. The molecule has 2 aromatic heterocycles. The first-order valence-corrected chi connectivity index (χ1v) is 8.02. The summed E-state index contributed by atoms with van der Waals surface area (Å²) in [6.07, 6.45) is -3.84. The number of halogens is 6. The third-order valence-electron chi connectivity index (χ3n) is 3.38. The van der Waals surface area contributed by atoms with Gasteiger partial charge in [0.25, 0.3) is 11.8 Å². The molecule has 0 bridgehead atoms. The Kier molecular flexibility index (Phi) is 5.59. The number of nitrogens with zero attached hydrogens (tertiary/aromatic N) is 3. The number of ether oxygens (including phenoxy) is 1. The molecule has 2 heterocycles. The molecular formula is C17H8ClF5N4O2. The van der Waals surface area contributed by atoms with Crippen LogP contribution in [0.15, 0.2) is 42.6 Å². The lowest BCUT2D eigenvalue weighted by molar-refractivity contribution is -0.141. The molecular weight excluding hydrogens is 423 g/mol. The van der Waals surface area contributed by atoms with Crippen LogP contribution in [0.1, 0.15) is 16.1 Å². The van der Waals surface area contributed by atoms with Gasteiger partial charge in [-0.2, -0.15) is 17.6 Å². The Morgan fingerprint density at radius 3 is 2.48 bits per heavy atom. The number of aromatic nitrogens is 3. The molecule has 12 heteroatoms. The molecule has 0 saturated carbocycles. The number of nitrogens with one attached hydrogen (secondary N) is 1. The van der Waals surface area contributed by atoms with E-state index >= 15 is 0 Å². The zero-order chi connectivity index (χ0) is 21.2. The van der Waals surface area contributed by atoms with Gasteiger partial charge in [-0.25, -0.2) is 9.37 Å². The van der Waals surface area contributed by atoms with Gasteiger partial charge in [-0.05, 0) is 30.3 Å². The van der Waals surface area contributed by atoms with E-state index in [0.717, 1.165) is 30.5 Å². The molecule has 1 N–H and O–H groups in total. The average Bonchev–Trinajstić information content (AvgIpc) is 2.63. The van der Waals surface area contributed by atoms with Crippen LogP contribution in [0.5, 0.6) is 11.6 Å². The Balaban J connectivity index is 2.00. The standard InChI is InChI=1S/C17H8ClF5N4O2/c18-11-5-8(19)1-2-12(11)29-16-10(7-13(26-27-16)17(21,22)23)15(28)25-9-3-4-24-14(20)6-9/h1-7H,(H,24,25,28). The number of rotatable bonds is 4. The van der Waals surface area contributed by atoms with Gasteiger partial charge < -0.3 is 10.1 Å². The molecule has 150 valence electrons. The van der Waals surface area contributed by atoms with Gasteiger partial charge in [-0.1, -0.05) is 11.6 Å². The van der Waals surface area contributed by atoms with Gasteiger partial charge in [0.1, 0.15) is 17.1 Å². The first-order valence-electron chi connectivity index (χ1n) is 7.64. The molecule has 6 nitrogen and oxygen atoms in total. The lowest BCUT2D eigenvalue weighted by atomic mass is 10.2. The summed E-state index contributed by atoms with van der Waals surface area (Å²) < 4.78 is 70.5. The van der Waals surface area contributed by atoms with Crippen molar-refractivity contribution in [1.29, 1.82) is 0 Å². The highest BCUT2D eigenvalue weighted by atomic mass is 35.5. The molecule has 0 radical (unpaired) electrons. The van der Waals surface area contributed by atoms with Crippen molar-refractivity contribution in [3.8, 4) is 11.6 Å². The summed E-state index contributed by atoms with van der Waals surface area (Å²) in [5, 5.41) is 8.27. The van der Waals surface area contributed by atoms with Crippen molar-refractivity contribution in [1.82, 2.24) is 15.2 Å². The Morgan fingerprint density at radius 2 is 1.83 bits per heavy atom. The zero-order valence-electron chi connectivity index (χ0n) is 14.0. The minimum absolute atomic E-state index is 0.0707. The normalized spacial score (nSPS) is 11.2. The van der Waals surface area contributed by atoms with Crippen LogP contribution in [0.25, 0.3) is 0 Å². The van der Waals surface area contributed by atoms with Crippen LogP contribution >= 0.6 is 11.6 Å². The van der Waals surface area contributed by atoms with E-state index in [0.29, 0.717) is 6.07 Å². The van der Waals surface area contributed by atoms with Gasteiger partial charge in [0.15, 0.2) is 5.69 Å². The van der Waals surface area contributed by atoms with Gasteiger partial charge in [0.05, 0.1) is 5.02 Å². The molecule has 0 spiro atoms. The Morgan fingerprint density at radius 1 is 1.07 bits per heavy atom. The van der Waals surface area contributed by atoms with Crippen molar-refractivity contribution >= 4 is 23.2 Å². The molecule has 3 rings (SSSR count). The summed E-state index contributed by atoms with van der Waals surface area (Å²) in [5.41, 5.74) is -2.19. The van der Waals surface area contributed by atoms with Gasteiger partial charge in [0, 0.05) is 18.0 Å². The third-order valence-corrected chi connectivity index (χ3v) is 3.68. The topological polar surface area (TPSA) is 77.0 Å². The predicted octanol–water partition coefficient (Wildman–Crippen LogP) is 4.87. The van der Waals surface area contributed by atoms with Crippen LogP contribution < -0.4 is 10.1 Å². The van der Waals surface area contributed by atoms with Crippen LogP contribution in [0, 0.1) is 11.8 Å². The summed E-state index contributed by atoms with van der Waals surface area (Å²) in [7, 11) is 0. The number of benzene rings is 1. The maximum atomic E-state index is 13.2. The monoisotopic (exact) mass is 430 g/mol. The fourth-order valence-corrected chi connectivity index (χ4v) is 2.30. The van der Waals surface area contributed by atoms with Gasteiger partial charge >= 0.3 is 6.18 Å². The molecule has 1 amide bonds. The fourth-order valence-electron chi connectivity index (χ4n) is 2.10. The lowest BCUT2D eigenvalue weighted by Crippen LogP contribution is -2.18. The molecule has 1 aromatic carbocycles. The van der Waals surface area contributed by atoms with E-state index in [-0.39, 0.29) is 16.5 Å². The summed E-state index contributed by atoms with van der Waals surface area (Å²) in [4.78, 5) is 15.8. The van der Waals surface area contributed by atoms with Crippen molar-refractivity contribution in [2.75, 3.05) is 5.32 Å². The van der Waals surface area contributed by atoms with Gasteiger partial charge in [0.2, 0.25) is 5.95 Å². The van der Waals surface area contributed by atoms with Gasteiger partial charge in [-0.3, -0.25) is 4.79 Å². The van der Waals surface area contributed by atoms with Crippen LogP contribution in [0.3, 0.4) is 0 Å². The van der Waals surface area contributed by atoms with Crippen LogP contribution in [0.4, 0.5) is 27.6 Å². The Hall–Kier alpha value is -3.34. The molecule has 3 aromatic rings. The lowest BCUT2D eigenvalue weighted by Gasteiger charge is -2.13. The first-order chi connectivity index (χ1) is 13.6. The average molecular weight is 431 g/mol. The summed E-state index contributed by atoms with van der Waals surface area (Å²) in [6, 6.07) is 5.46. The van der Waals surface area contributed by atoms with Crippen molar-refractivity contribution in [3.63, 3.8) is 0 Å². The number of carbonyl (C=O) groups is 1. The minimum Gasteiger partial charge on any atom is -0.435 e. The molecule has 0 fully saturated rings. The second kappa shape index (κ2) is 7.95. The fraction of sp³-hybridized carbons (Fsp3) is 0.0588. The summed E-state index contributed by atoms with van der Waals surface area (Å²) in [5.74, 6) is -3.49. The van der Waals surface area contributed by atoms with E-state index in [4.69, 9.17) is 16.3 Å². The molecule has 0 aliphatic rings. The highest BCUT2D eigenvalue weighted by Gasteiger charge is 2.35. The number of alkyl halides is 3. The molecule has 0 unspecified atom stereocenters. The highest BCUT2D eigenvalue weighted by Crippen LogP contribution is 2.33. The van der Waals surface area contributed by atoms with Crippen molar-refractivity contribution in [2.45, 2.75) is 6.18 Å². The van der Waals surface area contributed by atoms with Crippen LogP contribution in [-0.4, -0.2) is 21.1 Å². The van der Waals surface area contributed by atoms with E-state index in [1.54, 1.807) is 0 Å². The number of hydrogen-bond donors (Lipinski definition) is 1. The number of pyridine rings is 1. The third kappa shape index (κ3) is 4.93. The van der Waals surface area contributed by atoms with E-state index in [2.05, 4.69) is 20.5 Å². The molecule has 29 heavy (non-hydrogen) atoms. The second-order valence-corrected chi connectivity index (χ2v) is 5.85. The quantitative estimate of drug-likeness (QED) is 0.472. The number of anilines is 1. The van der Waals surface area contributed by atoms with Gasteiger partial charge in [-0.15, -0.1) is 10.2 Å². The molecule has 0 aliphatic heterocycles. The Bertz CT molecular complexity index is 1080. The van der Waals surface area contributed by atoms with E-state index in [1.165, 1.54) is 6.07 Å². The van der Waals surface area contributed by atoms with E-state index in [9.17, 15) is 26.7 Å². The smallest absolute Gasteiger partial charge is 0.435 e. The van der Waals surface area contributed by atoms with Crippen LogP contribution in [-0.2, 0) is 6.18 Å². The van der Waals surface area contributed by atoms with Crippen molar-refractivity contribution < 1.29 is 31.5 Å². The number of carbonyl (C=O) groups excluding carboxylic acids is 1. The zero-order valence-corrected chi connectivity index (χ0v) is 14.7. The van der Waals surface area contributed by atoms with Crippen molar-refractivity contribution in [3.05, 3.63) is 70.6 Å². The minimum atomic E-state index is -4.89.